The van der Waals surface area contributed by atoms with E-state index in [4.69, 9.17) is 9.47 Å². The molecule has 7 nitrogen and oxygen atoms in total. The van der Waals surface area contributed by atoms with Crippen molar-refractivity contribution < 1.29 is 27.1 Å². The minimum Gasteiger partial charge on any atom is -0.497 e. The van der Waals surface area contributed by atoms with E-state index < -0.39 is 22.5 Å². The van der Waals surface area contributed by atoms with Gasteiger partial charge in [-0.1, -0.05) is 23.8 Å². The maximum atomic E-state index is 13.4. The molecule has 0 saturated carbocycles. The number of carbonyl (C=O) groups is 1. The Morgan fingerprint density at radius 1 is 1.00 bits per heavy atom. The monoisotopic (exact) mass is 472 g/mol. The van der Waals surface area contributed by atoms with E-state index in [1.807, 2.05) is 6.92 Å². The molecule has 0 atom stereocenters. The Kier molecular flexibility index (Phi) is 7.89. The first-order valence-electron chi connectivity index (χ1n) is 10.2. The number of sulfonamides is 1. The molecular weight excluding hydrogens is 447 g/mol. The lowest BCUT2D eigenvalue weighted by molar-refractivity contribution is -0.119. The SMILES string of the molecule is COc1cccc(N(CC(=O)NCCOc2ccc(F)cc2)S(=O)(=O)c2ccc(C)cc2)c1. The van der Waals surface area contributed by atoms with Gasteiger partial charge < -0.3 is 14.8 Å². The van der Waals surface area contributed by atoms with Crippen molar-refractivity contribution in [2.45, 2.75) is 11.8 Å². The Labute approximate surface area is 192 Å². The van der Waals surface area contributed by atoms with Crippen LogP contribution in [0.2, 0.25) is 0 Å². The largest absolute Gasteiger partial charge is 0.497 e. The van der Waals surface area contributed by atoms with Gasteiger partial charge in [0.1, 0.15) is 30.5 Å². The van der Waals surface area contributed by atoms with Gasteiger partial charge in [-0.15, -0.1) is 0 Å². The lowest BCUT2D eigenvalue weighted by Crippen LogP contribution is -2.41. The summed E-state index contributed by atoms with van der Waals surface area (Å²) < 4.78 is 51.4. The summed E-state index contributed by atoms with van der Waals surface area (Å²) in [6, 6.07) is 18.4. The van der Waals surface area contributed by atoms with Crippen molar-refractivity contribution in [3.8, 4) is 11.5 Å². The van der Waals surface area contributed by atoms with Gasteiger partial charge in [-0.3, -0.25) is 9.10 Å². The third-order valence-electron chi connectivity index (χ3n) is 4.74. The molecule has 0 fully saturated rings. The van der Waals surface area contributed by atoms with E-state index in [9.17, 15) is 17.6 Å². The van der Waals surface area contributed by atoms with Crippen molar-refractivity contribution in [1.82, 2.24) is 5.32 Å². The maximum absolute atomic E-state index is 13.4. The number of anilines is 1. The Balaban J connectivity index is 1.72. The van der Waals surface area contributed by atoms with Gasteiger partial charge in [-0.2, -0.15) is 0 Å². The predicted octanol–water partition coefficient (Wildman–Crippen LogP) is 3.53. The summed E-state index contributed by atoms with van der Waals surface area (Å²) in [4.78, 5) is 12.7. The molecule has 0 aliphatic rings. The standard InChI is InChI=1S/C24H25FN2O5S/c1-18-6-12-23(13-7-18)33(29,30)27(20-4-3-5-22(16-20)31-2)17-24(28)26-14-15-32-21-10-8-19(25)9-11-21/h3-13,16H,14-15,17H2,1-2H3,(H,26,28). The first-order valence-corrected chi connectivity index (χ1v) is 11.6. The predicted molar refractivity (Wildman–Crippen MR) is 124 cm³/mol. The summed E-state index contributed by atoms with van der Waals surface area (Å²) in [6.45, 7) is 1.71. The van der Waals surface area contributed by atoms with Crippen molar-refractivity contribution in [3.63, 3.8) is 0 Å². The van der Waals surface area contributed by atoms with Crippen LogP contribution in [0.25, 0.3) is 0 Å². The summed E-state index contributed by atoms with van der Waals surface area (Å²) in [5.74, 6) is 0.0506. The van der Waals surface area contributed by atoms with Gasteiger partial charge in [-0.05, 0) is 55.5 Å². The Hall–Kier alpha value is -3.59. The number of methoxy groups -OCH3 is 1. The third-order valence-corrected chi connectivity index (χ3v) is 6.53. The van der Waals surface area contributed by atoms with E-state index in [0.29, 0.717) is 17.2 Å². The van der Waals surface area contributed by atoms with Crippen LogP contribution in [-0.2, 0) is 14.8 Å². The van der Waals surface area contributed by atoms with Crippen LogP contribution >= 0.6 is 0 Å². The van der Waals surface area contributed by atoms with Gasteiger partial charge in [0, 0.05) is 6.07 Å². The number of halogens is 1. The molecule has 0 unspecified atom stereocenters. The summed E-state index contributed by atoms with van der Waals surface area (Å²) >= 11 is 0. The molecule has 3 rings (SSSR count). The molecule has 0 saturated heterocycles. The average Bonchev–Trinajstić information content (AvgIpc) is 2.81. The number of benzene rings is 3. The zero-order valence-electron chi connectivity index (χ0n) is 18.3. The van der Waals surface area contributed by atoms with E-state index in [2.05, 4.69) is 5.32 Å². The van der Waals surface area contributed by atoms with Crippen LogP contribution in [-0.4, -0.2) is 41.1 Å². The molecule has 0 aliphatic heterocycles. The van der Waals surface area contributed by atoms with Crippen LogP contribution in [0.3, 0.4) is 0 Å². The second kappa shape index (κ2) is 10.8. The third kappa shape index (κ3) is 6.45. The van der Waals surface area contributed by atoms with Gasteiger partial charge in [0.2, 0.25) is 5.91 Å². The second-order valence-electron chi connectivity index (χ2n) is 7.18. The normalized spacial score (nSPS) is 11.0. The molecule has 0 heterocycles. The lowest BCUT2D eigenvalue weighted by Gasteiger charge is -2.24. The molecule has 0 bridgehead atoms. The first kappa shape index (κ1) is 24.1. The van der Waals surface area contributed by atoms with E-state index in [0.717, 1.165) is 9.87 Å². The number of hydrogen-bond donors (Lipinski definition) is 1. The number of amides is 1. The molecular formula is C24H25FN2O5S. The van der Waals surface area contributed by atoms with Gasteiger partial charge >= 0.3 is 0 Å². The number of nitrogens with one attached hydrogen (secondary N) is 1. The fourth-order valence-electron chi connectivity index (χ4n) is 2.99. The summed E-state index contributed by atoms with van der Waals surface area (Å²) in [6.07, 6.45) is 0. The highest BCUT2D eigenvalue weighted by Crippen LogP contribution is 2.27. The first-order chi connectivity index (χ1) is 15.8. The van der Waals surface area contributed by atoms with Gasteiger partial charge in [0.25, 0.3) is 10.0 Å². The fraction of sp³-hybridized carbons (Fsp3) is 0.208. The fourth-order valence-corrected chi connectivity index (χ4v) is 4.41. The molecule has 0 spiro atoms. The van der Waals surface area contributed by atoms with Gasteiger partial charge in [-0.25, -0.2) is 12.8 Å². The molecule has 1 amide bonds. The number of nitrogens with zero attached hydrogens (tertiary/aromatic N) is 1. The highest BCUT2D eigenvalue weighted by atomic mass is 32.2. The molecule has 3 aromatic rings. The summed E-state index contributed by atoms with van der Waals surface area (Å²) in [7, 11) is -2.54. The molecule has 174 valence electrons. The van der Waals surface area contributed by atoms with Gasteiger partial charge in [0.15, 0.2) is 0 Å². The number of aryl methyl sites for hydroxylation is 1. The quantitative estimate of drug-likeness (QED) is 0.457. The molecule has 0 aromatic heterocycles. The zero-order valence-corrected chi connectivity index (χ0v) is 19.1. The second-order valence-corrected chi connectivity index (χ2v) is 9.04. The molecule has 0 aliphatic carbocycles. The van der Waals surface area contributed by atoms with Crippen molar-refractivity contribution in [2.75, 3.05) is 31.1 Å². The topological polar surface area (TPSA) is 84.9 Å². The Bertz CT molecular complexity index is 1180. The summed E-state index contributed by atoms with van der Waals surface area (Å²) in [5.41, 5.74) is 1.22. The molecule has 9 heteroatoms. The van der Waals surface area contributed by atoms with Crippen molar-refractivity contribution in [2.24, 2.45) is 0 Å². The number of ether oxygens (including phenoxy) is 2. The highest BCUT2D eigenvalue weighted by Gasteiger charge is 2.27. The molecule has 33 heavy (non-hydrogen) atoms. The highest BCUT2D eigenvalue weighted by molar-refractivity contribution is 7.92. The van der Waals surface area contributed by atoms with E-state index in [1.165, 1.54) is 43.5 Å². The van der Waals surface area contributed by atoms with Crippen LogP contribution < -0.4 is 19.1 Å². The van der Waals surface area contributed by atoms with E-state index in [1.54, 1.807) is 36.4 Å². The minimum absolute atomic E-state index is 0.0726. The van der Waals surface area contributed by atoms with E-state index in [-0.39, 0.29) is 23.9 Å². The molecule has 0 radical (unpaired) electrons. The zero-order chi connectivity index (χ0) is 23.8. The molecule has 1 N–H and O–H groups in total. The van der Waals surface area contributed by atoms with Gasteiger partial charge in [0.05, 0.1) is 24.2 Å². The average molecular weight is 473 g/mol. The van der Waals surface area contributed by atoms with Crippen LogP contribution in [0.4, 0.5) is 10.1 Å². The van der Waals surface area contributed by atoms with Crippen LogP contribution in [0.1, 0.15) is 5.56 Å². The lowest BCUT2D eigenvalue weighted by atomic mass is 10.2. The minimum atomic E-state index is -4.02. The van der Waals surface area contributed by atoms with Crippen molar-refractivity contribution in [1.29, 1.82) is 0 Å². The Morgan fingerprint density at radius 3 is 2.36 bits per heavy atom. The van der Waals surface area contributed by atoms with Crippen molar-refractivity contribution >= 4 is 21.6 Å². The van der Waals surface area contributed by atoms with Crippen LogP contribution in [0, 0.1) is 12.7 Å². The number of hydrogen-bond acceptors (Lipinski definition) is 5. The number of carbonyl (C=O) groups excluding carboxylic acids is 1. The van der Waals surface area contributed by atoms with Crippen LogP contribution in [0.5, 0.6) is 11.5 Å². The summed E-state index contributed by atoms with van der Waals surface area (Å²) in [5, 5.41) is 2.65. The Morgan fingerprint density at radius 2 is 1.70 bits per heavy atom. The van der Waals surface area contributed by atoms with E-state index >= 15 is 0 Å². The molecule has 3 aromatic carbocycles. The number of rotatable bonds is 10. The maximum Gasteiger partial charge on any atom is 0.264 e. The van der Waals surface area contributed by atoms with Crippen LogP contribution in [0.15, 0.2) is 77.7 Å². The smallest absolute Gasteiger partial charge is 0.264 e. The van der Waals surface area contributed by atoms with Crippen molar-refractivity contribution in [3.05, 3.63) is 84.2 Å².